The van der Waals surface area contributed by atoms with Gasteiger partial charge in [0.05, 0.1) is 0 Å². The van der Waals surface area contributed by atoms with Crippen molar-refractivity contribution in [2.24, 2.45) is 0 Å². The van der Waals surface area contributed by atoms with Crippen molar-refractivity contribution in [3.05, 3.63) is 157 Å². The van der Waals surface area contributed by atoms with Gasteiger partial charge < -0.3 is 0 Å². The topological polar surface area (TPSA) is 51.6 Å². The number of aromatic nitrogens is 4. The fraction of sp³-hybridized carbons (Fsp3) is 0.0698. The molecule has 0 amide bonds. The highest BCUT2D eigenvalue weighted by Crippen LogP contribution is 2.50. The minimum atomic E-state index is -0.0693. The van der Waals surface area contributed by atoms with Crippen LogP contribution < -0.4 is 0 Å². The summed E-state index contributed by atoms with van der Waals surface area (Å²) < 4.78 is 0. The Labute approximate surface area is 273 Å². The molecule has 4 heteroatoms. The minimum absolute atomic E-state index is 0.0693. The lowest BCUT2D eigenvalue weighted by atomic mass is 9.81. The largest absolute Gasteiger partial charge is 0.264 e. The number of fused-ring (bicyclic) bond motifs is 6. The molecule has 0 unspecified atom stereocenters. The van der Waals surface area contributed by atoms with E-state index in [2.05, 4.69) is 116 Å². The molecule has 1 aliphatic carbocycles. The quantitative estimate of drug-likeness (QED) is 0.188. The van der Waals surface area contributed by atoms with Gasteiger partial charge in [0.1, 0.15) is 0 Å². The van der Waals surface area contributed by atoms with Crippen LogP contribution in [0.15, 0.2) is 146 Å². The van der Waals surface area contributed by atoms with Crippen molar-refractivity contribution in [2.45, 2.75) is 19.3 Å². The average Bonchev–Trinajstić information content (AvgIpc) is 3.36. The standard InChI is InChI=1S/C43H30N4/c1-43(2)38-16-7-6-13-34(38)37-24-30-21-22-33-32(36(30)25-39(37)43)14-8-15-35(33)42-46-40(28-10-4-3-5-11-28)45-41(47-42)29-19-17-27(18-20-29)31-12-9-23-44-26-31/h3-26H,1-2H3. The van der Waals surface area contributed by atoms with Crippen LogP contribution in [-0.2, 0) is 5.41 Å². The zero-order valence-corrected chi connectivity index (χ0v) is 26.1. The molecule has 0 N–H and O–H groups in total. The van der Waals surface area contributed by atoms with E-state index >= 15 is 0 Å². The lowest BCUT2D eigenvalue weighted by molar-refractivity contribution is 0.661. The predicted octanol–water partition coefficient (Wildman–Crippen LogP) is 10.5. The van der Waals surface area contributed by atoms with E-state index in [0.29, 0.717) is 17.5 Å². The predicted molar refractivity (Wildman–Crippen MR) is 192 cm³/mol. The first-order chi connectivity index (χ1) is 23.0. The van der Waals surface area contributed by atoms with Crippen LogP contribution in [0, 0.1) is 0 Å². The number of nitrogens with zero attached hydrogens (tertiary/aromatic N) is 4. The van der Waals surface area contributed by atoms with Gasteiger partial charge in [0.2, 0.25) is 0 Å². The Morgan fingerprint density at radius 3 is 1.89 bits per heavy atom. The molecular weight excluding hydrogens is 573 g/mol. The maximum absolute atomic E-state index is 5.11. The van der Waals surface area contributed by atoms with Crippen molar-refractivity contribution >= 4 is 21.5 Å². The zero-order valence-electron chi connectivity index (χ0n) is 26.1. The summed E-state index contributed by atoms with van der Waals surface area (Å²) in [6.45, 7) is 4.67. The summed E-state index contributed by atoms with van der Waals surface area (Å²) in [5.74, 6) is 1.95. The van der Waals surface area contributed by atoms with Crippen molar-refractivity contribution < 1.29 is 0 Å². The molecule has 9 rings (SSSR count). The minimum Gasteiger partial charge on any atom is -0.264 e. The monoisotopic (exact) mass is 602 g/mol. The van der Waals surface area contributed by atoms with Gasteiger partial charge in [-0.25, -0.2) is 15.0 Å². The summed E-state index contributed by atoms with van der Waals surface area (Å²) in [4.78, 5) is 19.4. The van der Waals surface area contributed by atoms with Gasteiger partial charge in [0.15, 0.2) is 17.5 Å². The van der Waals surface area contributed by atoms with Crippen molar-refractivity contribution in [3.8, 4) is 56.4 Å². The fourth-order valence-electron chi connectivity index (χ4n) is 7.17. The van der Waals surface area contributed by atoms with Crippen molar-refractivity contribution in [1.29, 1.82) is 0 Å². The van der Waals surface area contributed by atoms with Gasteiger partial charge >= 0.3 is 0 Å². The summed E-state index contributed by atoms with van der Waals surface area (Å²) in [5.41, 5.74) is 10.4. The molecule has 8 aromatic rings. The van der Waals surface area contributed by atoms with E-state index < -0.39 is 0 Å². The first kappa shape index (κ1) is 27.3. The Balaban J connectivity index is 1.22. The molecule has 0 saturated heterocycles. The normalized spacial score (nSPS) is 13.1. The number of hydrogen-bond acceptors (Lipinski definition) is 4. The van der Waals surface area contributed by atoms with Crippen LogP contribution in [0.2, 0.25) is 0 Å². The molecule has 6 aromatic carbocycles. The molecule has 0 saturated carbocycles. The Kier molecular flexibility index (Phi) is 6.12. The van der Waals surface area contributed by atoms with E-state index in [-0.39, 0.29) is 5.41 Å². The zero-order chi connectivity index (χ0) is 31.5. The van der Waals surface area contributed by atoms with Crippen molar-refractivity contribution in [3.63, 3.8) is 0 Å². The van der Waals surface area contributed by atoms with Gasteiger partial charge in [-0.05, 0) is 73.1 Å². The van der Waals surface area contributed by atoms with Crippen LogP contribution in [0.5, 0.6) is 0 Å². The lowest BCUT2D eigenvalue weighted by Gasteiger charge is -2.22. The summed E-state index contributed by atoms with van der Waals surface area (Å²) >= 11 is 0. The number of hydrogen-bond donors (Lipinski definition) is 0. The molecule has 47 heavy (non-hydrogen) atoms. The molecule has 1 aliphatic rings. The highest BCUT2D eigenvalue weighted by atomic mass is 15.0. The van der Waals surface area contributed by atoms with Gasteiger partial charge in [-0.15, -0.1) is 0 Å². The smallest absolute Gasteiger partial charge is 0.164 e. The number of pyridine rings is 1. The molecule has 0 aliphatic heterocycles. The molecule has 2 heterocycles. The van der Waals surface area contributed by atoms with E-state index in [9.17, 15) is 0 Å². The molecule has 222 valence electrons. The molecule has 0 fully saturated rings. The van der Waals surface area contributed by atoms with Crippen LogP contribution in [0.25, 0.3) is 78.0 Å². The second kappa shape index (κ2) is 10.5. The van der Waals surface area contributed by atoms with Crippen LogP contribution >= 0.6 is 0 Å². The number of rotatable bonds is 4. The Morgan fingerprint density at radius 1 is 0.426 bits per heavy atom. The Hall–Kier alpha value is -6.00. The van der Waals surface area contributed by atoms with Gasteiger partial charge in [0, 0.05) is 34.5 Å². The summed E-state index contributed by atoms with van der Waals surface area (Å²) in [5, 5.41) is 4.79. The van der Waals surface area contributed by atoms with E-state index in [1.807, 2.05) is 42.6 Å². The molecule has 0 spiro atoms. The molecule has 0 bridgehead atoms. The first-order valence-electron chi connectivity index (χ1n) is 16.0. The van der Waals surface area contributed by atoms with Gasteiger partial charge in [-0.2, -0.15) is 0 Å². The fourth-order valence-corrected chi connectivity index (χ4v) is 7.17. The van der Waals surface area contributed by atoms with Gasteiger partial charge in [-0.1, -0.05) is 129 Å². The third-order valence-electron chi connectivity index (χ3n) is 9.63. The Morgan fingerprint density at radius 2 is 1.11 bits per heavy atom. The van der Waals surface area contributed by atoms with E-state index in [4.69, 9.17) is 15.0 Å². The van der Waals surface area contributed by atoms with Gasteiger partial charge in [0.25, 0.3) is 0 Å². The van der Waals surface area contributed by atoms with E-state index in [1.165, 1.54) is 38.4 Å². The summed E-state index contributed by atoms with van der Waals surface area (Å²) in [7, 11) is 0. The first-order valence-corrected chi connectivity index (χ1v) is 16.0. The third-order valence-corrected chi connectivity index (χ3v) is 9.63. The SMILES string of the molecule is CC1(C)c2ccccc2-c2cc3ccc4c(-c5nc(-c6ccccc6)nc(-c6ccc(-c7cccnc7)cc6)n5)cccc4c3cc21. The number of benzene rings is 6. The van der Waals surface area contributed by atoms with Crippen LogP contribution in [0.4, 0.5) is 0 Å². The van der Waals surface area contributed by atoms with E-state index in [1.54, 1.807) is 6.20 Å². The highest BCUT2D eigenvalue weighted by Gasteiger charge is 2.35. The van der Waals surface area contributed by atoms with Crippen molar-refractivity contribution in [1.82, 2.24) is 19.9 Å². The molecule has 0 atom stereocenters. The maximum atomic E-state index is 5.11. The molecule has 4 nitrogen and oxygen atoms in total. The highest BCUT2D eigenvalue weighted by molar-refractivity contribution is 6.13. The Bertz CT molecular complexity index is 2470. The van der Waals surface area contributed by atoms with Crippen LogP contribution in [0.1, 0.15) is 25.0 Å². The summed E-state index contributed by atoms with van der Waals surface area (Å²) in [6.07, 6.45) is 3.67. The lowest BCUT2D eigenvalue weighted by Crippen LogP contribution is -2.14. The maximum Gasteiger partial charge on any atom is 0.164 e. The van der Waals surface area contributed by atoms with Crippen LogP contribution in [0.3, 0.4) is 0 Å². The third kappa shape index (κ3) is 4.44. The molecule has 0 radical (unpaired) electrons. The van der Waals surface area contributed by atoms with Crippen LogP contribution in [-0.4, -0.2) is 19.9 Å². The average molecular weight is 603 g/mol. The second-order valence-corrected chi connectivity index (χ2v) is 12.7. The van der Waals surface area contributed by atoms with Crippen molar-refractivity contribution in [2.75, 3.05) is 0 Å². The summed E-state index contributed by atoms with van der Waals surface area (Å²) in [6, 6.07) is 47.0. The second-order valence-electron chi connectivity index (χ2n) is 12.7. The molecular formula is C43H30N4. The van der Waals surface area contributed by atoms with E-state index in [0.717, 1.165) is 33.2 Å². The van der Waals surface area contributed by atoms with Gasteiger partial charge in [-0.3, -0.25) is 4.98 Å². The molecule has 2 aromatic heterocycles.